The number of halogens is 2. The van der Waals surface area contributed by atoms with Gasteiger partial charge in [0.15, 0.2) is 0 Å². The molecule has 4 aliphatic rings. The fourth-order valence-electron chi connectivity index (χ4n) is 4.80. The van der Waals surface area contributed by atoms with Crippen LogP contribution in [0.1, 0.15) is 32.1 Å². The molecule has 0 aliphatic heterocycles. The van der Waals surface area contributed by atoms with Crippen LogP contribution in [0.3, 0.4) is 0 Å². The van der Waals surface area contributed by atoms with Crippen LogP contribution in [-0.2, 0) is 22.9 Å². The van der Waals surface area contributed by atoms with E-state index in [1.165, 1.54) is 32.1 Å². The second-order valence-corrected chi connectivity index (χ2v) is 12.3. The maximum Gasteiger partial charge on any atom is -1.00 e. The molecular weight excluding hydrogens is 466 g/mol. The van der Waals surface area contributed by atoms with Gasteiger partial charge in [0.25, 0.3) is 0 Å². The number of hydrogen-bond acceptors (Lipinski definition) is 0. The van der Waals surface area contributed by atoms with Gasteiger partial charge in [0, 0.05) is 0 Å². The summed E-state index contributed by atoms with van der Waals surface area (Å²) >= 11 is -0.617. The van der Waals surface area contributed by atoms with Crippen molar-refractivity contribution in [3.05, 3.63) is 45.9 Å². The maximum atomic E-state index is 2.57. The summed E-state index contributed by atoms with van der Waals surface area (Å²) in [6.45, 7) is 0. The molecule has 0 bridgehead atoms. The van der Waals surface area contributed by atoms with Gasteiger partial charge in [-0.3, -0.25) is 0 Å². The van der Waals surface area contributed by atoms with Crippen LogP contribution in [0.2, 0.25) is 3.67 Å². The smallest absolute Gasteiger partial charge is 1.00 e. The van der Waals surface area contributed by atoms with Crippen molar-refractivity contribution in [2.75, 3.05) is 0 Å². The third-order valence-corrected chi connectivity index (χ3v) is 12.4. The molecular formula is C18H22Cl2Hf. The van der Waals surface area contributed by atoms with Crippen LogP contribution in [0.5, 0.6) is 0 Å². The fourth-order valence-corrected chi connectivity index (χ4v) is 12.0. The Kier molecular flexibility index (Phi) is 6.59. The minimum atomic E-state index is -0.617. The molecule has 0 heterocycles. The molecule has 112 valence electrons. The summed E-state index contributed by atoms with van der Waals surface area (Å²) in [6, 6.07) is 0. The van der Waals surface area contributed by atoms with Crippen molar-refractivity contribution in [3.8, 4) is 0 Å². The quantitative estimate of drug-likeness (QED) is 0.434. The molecule has 2 saturated carbocycles. The molecule has 0 radical (unpaired) electrons. The summed E-state index contributed by atoms with van der Waals surface area (Å²) in [5.74, 6) is 3.94. The van der Waals surface area contributed by atoms with Crippen LogP contribution in [0.4, 0.5) is 0 Å². The van der Waals surface area contributed by atoms with E-state index in [-0.39, 0.29) is 24.8 Å². The molecule has 0 amide bonds. The first-order chi connectivity index (χ1) is 9.43. The average molecular weight is 488 g/mol. The zero-order valence-corrected chi connectivity index (χ0v) is 17.3. The second-order valence-electron chi connectivity index (χ2n) is 6.53. The molecule has 0 spiro atoms. The molecule has 0 nitrogen and oxygen atoms in total. The Bertz CT molecular complexity index is 478. The van der Waals surface area contributed by atoms with Gasteiger partial charge < -0.3 is 24.8 Å². The summed E-state index contributed by atoms with van der Waals surface area (Å²) < 4.78 is 2.99. The van der Waals surface area contributed by atoms with Crippen molar-refractivity contribution in [1.82, 2.24) is 0 Å². The van der Waals surface area contributed by atoms with Crippen molar-refractivity contribution in [2.45, 2.75) is 35.8 Å². The zero-order chi connectivity index (χ0) is 12.7. The Morgan fingerprint density at radius 1 is 0.857 bits per heavy atom. The van der Waals surface area contributed by atoms with Gasteiger partial charge in [0.2, 0.25) is 0 Å². The zero-order valence-electron chi connectivity index (χ0n) is 12.2. The van der Waals surface area contributed by atoms with Gasteiger partial charge >= 0.3 is 128 Å². The Morgan fingerprint density at radius 3 is 2.29 bits per heavy atom. The number of hydrogen-bond donors (Lipinski definition) is 0. The van der Waals surface area contributed by atoms with Crippen molar-refractivity contribution in [2.24, 2.45) is 23.7 Å². The Balaban J connectivity index is 0.000000807. The Morgan fingerprint density at radius 2 is 1.57 bits per heavy atom. The average Bonchev–Trinajstić information content (AvgIpc) is 3.08. The van der Waals surface area contributed by atoms with Crippen LogP contribution in [-0.4, -0.2) is 0 Å². The molecule has 0 aromatic carbocycles. The minimum Gasteiger partial charge on any atom is -1.00 e. The van der Waals surface area contributed by atoms with Gasteiger partial charge in [-0.05, 0) is 0 Å². The van der Waals surface area contributed by atoms with Gasteiger partial charge in [-0.2, -0.15) is 0 Å². The van der Waals surface area contributed by atoms with E-state index in [9.17, 15) is 0 Å². The molecule has 3 heteroatoms. The van der Waals surface area contributed by atoms with E-state index < -0.39 is 22.9 Å². The topological polar surface area (TPSA) is 0 Å². The predicted octanol–water partition coefficient (Wildman–Crippen LogP) is -1.11. The van der Waals surface area contributed by atoms with Crippen LogP contribution >= 0.6 is 0 Å². The largest absolute Gasteiger partial charge is 1.00 e. The first-order valence-corrected chi connectivity index (χ1v) is 11.8. The fraction of sp³-hybridized carbons (Fsp3) is 0.556. The first kappa shape index (κ1) is 17.8. The standard InChI is InChI=1S/C13H17.C5H5.2ClH.Hf/c1-3-7-12-10(5-1)9-11-6-2-4-8-13(11)12;1-2-4-5-3-1;;;/h1,3,5,7,9-13H,2,4,6,8H2;1-3H,4H2;2*1H;/q;;;;+2/p-2. The second kappa shape index (κ2) is 7.79. The number of rotatable bonds is 2. The molecule has 4 aliphatic carbocycles. The van der Waals surface area contributed by atoms with Crippen LogP contribution in [0, 0.1) is 23.7 Å². The van der Waals surface area contributed by atoms with E-state index in [1.54, 1.807) is 0 Å². The summed E-state index contributed by atoms with van der Waals surface area (Å²) in [6.07, 6.45) is 24.2. The predicted molar refractivity (Wildman–Crippen MR) is 76.3 cm³/mol. The number of fused-ring (bicyclic) bond motifs is 3. The van der Waals surface area contributed by atoms with Crippen molar-refractivity contribution >= 4 is 0 Å². The molecule has 0 saturated heterocycles. The van der Waals surface area contributed by atoms with Crippen LogP contribution in [0.15, 0.2) is 45.9 Å². The van der Waals surface area contributed by atoms with Crippen molar-refractivity contribution in [3.63, 3.8) is 0 Å². The third kappa shape index (κ3) is 3.35. The third-order valence-electron chi connectivity index (χ3n) is 5.59. The van der Waals surface area contributed by atoms with E-state index in [0.29, 0.717) is 0 Å². The van der Waals surface area contributed by atoms with Crippen LogP contribution in [0.25, 0.3) is 0 Å². The van der Waals surface area contributed by atoms with Gasteiger partial charge in [-0.1, -0.05) is 0 Å². The molecule has 5 unspecified atom stereocenters. The molecule has 0 aromatic rings. The van der Waals surface area contributed by atoms with Crippen molar-refractivity contribution < 1.29 is 47.7 Å². The van der Waals surface area contributed by atoms with E-state index in [1.807, 2.05) is 3.33 Å². The van der Waals surface area contributed by atoms with Gasteiger partial charge in [-0.15, -0.1) is 0 Å². The molecule has 0 N–H and O–H groups in total. The normalized spacial score (nSPS) is 38.7. The molecule has 2 fully saturated rings. The summed E-state index contributed by atoms with van der Waals surface area (Å²) in [5.41, 5.74) is 0. The van der Waals surface area contributed by atoms with Gasteiger partial charge in [-0.25, -0.2) is 0 Å². The van der Waals surface area contributed by atoms with E-state index in [2.05, 4.69) is 42.5 Å². The van der Waals surface area contributed by atoms with E-state index in [0.717, 1.165) is 27.3 Å². The SMILES string of the molecule is C1=CC[C]([Hf+2][CH]2C3C=CC=CC3C3CCCCC32)=C1.[Cl-].[Cl-]. The minimum absolute atomic E-state index is 0. The molecule has 5 atom stereocenters. The molecule has 21 heavy (non-hydrogen) atoms. The van der Waals surface area contributed by atoms with Gasteiger partial charge in [0.05, 0.1) is 0 Å². The Hall–Kier alpha value is 0.410. The summed E-state index contributed by atoms with van der Waals surface area (Å²) in [7, 11) is 0. The monoisotopic (exact) mass is 488 g/mol. The van der Waals surface area contributed by atoms with E-state index >= 15 is 0 Å². The Labute approximate surface area is 152 Å². The molecule has 0 aromatic heterocycles. The maximum absolute atomic E-state index is 2.57. The number of allylic oxidation sites excluding steroid dienone is 8. The van der Waals surface area contributed by atoms with Crippen molar-refractivity contribution in [1.29, 1.82) is 0 Å². The first-order valence-electron chi connectivity index (χ1n) is 7.91. The van der Waals surface area contributed by atoms with E-state index in [4.69, 9.17) is 0 Å². The summed E-state index contributed by atoms with van der Waals surface area (Å²) in [4.78, 5) is 0. The molecule has 4 rings (SSSR count). The van der Waals surface area contributed by atoms with Gasteiger partial charge in [0.1, 0.15) is 0 Å². The summed E-state index contributed by atoms with van der Waals surface area (Å²) in [5, 5.41) is 0. The van der Waals surface area contributed by atoms with Crippen LogP contribution < -0.4 is 24.8 Å².